The van der Waals surface area contributed by atoms with Crippen LogP contribution < -0.4 is 4.90 Å². The number of benzene rings is 1. The standard InChI is InChI=1S/C21H16ClN5O2/c22-17-7-5-14-6-8-18(25-19(14)24-17)27-20(28)15-3-1-2-4-16(15)21(27)29-12-11-26-10-9-23-13-26/h1-10,13,21H,11-12H2. The number of halogens is 1. The highest BCUT2D eigenvalue weighted by Gasteiger charge is 2.39. The molecule has 29 heavy (non-hydrogen) atoms. The molecule has 0 N–H and O–H groups in total. The van der Waals surface area contributed by atoms with Gasteiger partial charge >= 0.3 is 0 Å². The second-order valence-corrected chi connectivity index (χ2v) is 7.02. The van der Waals surface area contributed by atoms with Gasteiger partial charge in [-0.15, -0.1) is 0 Å². The van der Waals surface area contributed by atoms with E-state index in [0.29, 0.717) is 35.3 Å². The van der Waals surface area contributed by atoms with Gasteiger partial charge in [-0.05, 0) is 30.3 Å². The van der Waals surface area contributed by atoms with E-state index in [2.05, 4.69) is 15.0 Å². The van der Waals surface area contributed by atoms with Crippen LogP contribution in [0.25, 0.3) is 11.0 Å². The molecule has 1 aliphatic rings. The number of anilines is 1. The lowest BCUT2D eigenvalue weighted by Gasteiger charge is -2.24. The second kappa shape index (κ2) is 7.27. The SMILES string of the molecule is O=C1c2ccccc2C(OCCn2ccnc2)N1c1ccc2ccc(Cl)nc2n1. The van der Waals surface area contributed by atoms with Crippen molar-refractivity contribution in [3.05, 3.63) is 83.5 Å². The topological polar surface area (TPSA) is 73.1 Å². The monoisotopic (exact) mass is 405 g/mol. The van der Waals surface area contributed by atoms with Crippen LogP contribution in [-0.2, 0) is 11.3 Å². The van der Waals surface area contributed by atoms with Gasteiger partial charge in [0.2, 0.25) is 0 Å². The fraction of sp³-hybridized carbons (Fsp3) is 0.143. The van der Waals surface area contributed by atoms with E-state index in [1.807, 2.05) is 41.1 Å². The molecule has 0 spiro atoms. The normalized spacial score (nSPS) is 15.8. The number of imidazole rings is 1. The highest BCUT2D eigenvalue weighted by molar-refractivity contribution is 6.29. The number of pyridine rings is 2. The first-order chi connectivity index (χ1) is 14.2. The smallest absolute Gasteiger partial charge is 0.262 e. The molecular formula is C21H16ClN5O2. The summed E-state index contributed by atoms with van der Waals surface area (Å²) in [6, 6.07) is 14.7. The van der Waals surface area contributed by atoms with Crippen LogP contribution >= 0.6 is 11.6 Å². The highest BCUT2D eigenvalue weighted by Crippen LogP contribution is 2.37. The van der Waals surface area contributed by atoms with Gasteiger partial charge in [-0.25, -0.2) is 15.0 Å². The quantitative estimate of drug-likeness (QED) is 0.471. The summed E-state index contributed by atoms with van der Waals surface area (Å²) >= 11 is 6.01. The number of nitrogens with zero attached hydrogens (tertiary/aromatic N) is 5. The molecule has 1 aliphatic heterocycles. The van der Waals surface area contributed by atoms with Crippen molar-refractivity contribution in [2.45, 2.75) is 12.8 Å². The maximum absolute atomic E-state index is 13.1. The molecule has 0 fully saturated rings. The minimum absolute atomic E-state index is 0.151. The third-order valence-electron chi connectivity index (χ3n) is 4.85. The van der Waals surface area contributed by atoms with Gasteiger partial charge in [0.05, 0.1) is 12.9 Å². The van der Waals surface area contributed by atoms with Gasteiger partial charge in [-0.3, -0.25) is 9.69 Å². The zero-order valence-corrected chi connectivity index (χ0v) is 16.0. The van der Waals surface area contributed by atoms with Gasteiger partial charge in [0.25, 0.3) is 5.91 Å². The summed E-state index contributed by atoms with van der Waals surface area (Å²) in [5.41, 5.74) is 1.92. The first-order valence-corrected chi connectivity index (χ1v) is 9.52. The van der Waals surface area contributed by atoms with Gasteiger partial charge in [0, 0.05) is 35.5 Å². The molecule has 1 aromatic carbocycles. The number of hydrogen-bond acceptors (Lipinski definition) is 5. The molecule has 0 aliphatic carbocycles. The van der Waals surface area contributed by atoms with Crippen LogP contribution in [-0.4, -0.2) is 32.0 Å². The third-order valence-corrected chi connectivity index (χ3v) is 5.06. The Morgan fingerprint density at radius 1 is 1.07 bits per heavy atom. The molecule has 3 aromatic heterocycles. The van der Waals surface area contributed by atoms with Crippen LogP contribution in [0.5, 0.6) is 0 Å². The van der Waals surface area contributed by atoms with Gasteiger partial charge in [0.1, 0.15) is 11.0 Å². The molecule has 1 atom stereocenters. The predicted octanol–water partition coefficient (Wildman–Crippen LogP) is 3.86. The number of amides is 1. The van der Waals surface area contributed by atoms with E-state index in [9.17, 15) is 4.79 Å². The van der Waals surface area contributed by atoms with E-state index in [-0.39, 0.29) is 5.91 Å². The molecule has 4 aromatic rings. The van der Waals surface area contributed by atoms with Gasteiger partial charge < -0.3 is 9.30 Å². The predicted molar refractivity (Wildman–Crippen MR) is 109 cm³/mol. The number of ether oxygens (including phenoxy) is 1. The van der Waals surface area contributed by atoms with Crippen molar-refractivity contribution in [1.29, 1.82) is 0 Å². The van der Waals surface area contributed by atoms with Crippen LogP contribution in [0.1, 0.15) is 22.1 Å². The van der Waals surface area contributed by atoms with E-state index in [1.165, 1.54) is 0 Å². The Balaban J connectivity index is 1.50. The summed E-state index contributed by atoms with van der Waals surface area (Å²) in [5, 5.41) is 1.20. The highest BCUT2D eigenvalue weighted by atomic mass is 35.5. The Morgan fingerprint density at radius 2 is 1.93 bits per heavy atom. The van der Waals surface area contributed by atoms with Crippen molar-refractivity contribution in [2.75, 3.05) is 11.5 Å². The minimum atomic E-state index is -0.564. The van der Waals surface area contributed by atoms with Crippen LogP contribution in [0.3, 0.4) is 0 Å². The Labute approximate surface area is 171 Å². The Morgan fingerprint density at radius 3 is 2.79 bits per heavy atom. The first-order valence-electron chi connectivity index (χ1n) is 9.14. The van der Waals surface area contributed by atoms with Crippen LogP contribution in [0.15, 0.2) is 67.3 Å². The molecule has 0 bridgehead atoms. The molecule has 1 unspecified atom stereocenters. The first kappa shape index (κ1) is 17.8. The number of aromatic nitrogens is 4. The van der Waals surface area contributed by atoms with Crippen molar-refractivity contribution in [3.63, 3.8) is 0 Å². The Hall–Kier alpha value is -3.29. The average Bonchev–Trinajstić information content (AvgIpc) is 3.35. The summed E-state index contributed by atoms with van der Waals surface area (Å²) in [7, 11) is 0. The molecule has 144 valence electrons. The van der Waals surface area contributed by atoms with E-state index in [1.54, 1.807) is 35.6 Å². The summed E-state index contributed by atoms with van der Waals surface area (Å²) in [6.07, 6.45) is 4.76. The maximum atomic E-state index is 13.1. The molecule has 0 radical (unpaired) electrons. The fourth-order valence-corrected chi connectivity index (χ4v) is 3.60. The lowest BCUT2D eigenvalue weighted by molar-refractivity contribution is 0.0472. The number of carbonyl (C=O) groups excluding carboxylic acids is 1. The van der Waals surface area contributed by atoms with Crippen molar-refractivity contribution in [1.82, 2.24) is 19.5 Å². The number of rotatable bonds is 5. The molecule has 7 nitrogen and oxygen atoms in total. The summed E-state index contributed by atoms with van der Waals surface area (Å²) < 4.78 is 8.07. The maximum Gasteiger partial charge on any atom is 0.262 e. The molecule has 8 heteroatoms. The Bertz CT molecular complexity index is 1190. The van der Waals surface area contributed by atoms with Crippen LogP contribution in [0.2, 0.25) is 5.15 Å². The fourth-order valence-electron chi connectivity index (χ4n) is 3.46. The molecule has 4 heterocycles. The van der Waals surface area contributed by atoms with Crippen LogP contribution in [0, 0.1) is 0 Å². The van der Waals surface area contributed by atoms with E-state index >= 15 is 0 Å². The molecule has 0 saturated heterocycles. The lowest BCUT2D eigenvalue weighted by Crippen LogP contribution is -2.31. The number of carbonyl (C=O) groups is 1. The van der Waals surface area contributed by atoms with Gasteiger partial charge in [-0.1, -0.05) is 29.8 Å². The van der Waals surface area contributed by atoms with Crippen molar-refractivity contribution in [3.8, 4) is 0 Å². The van der Waals surface area contributed by atoms with E-state index in [4.69, 9.17) is 16.3 Å². The van der Waals surface area contributed by atoms with Crippen molar-refractivity contribution >= 4 is 34.4 Å². The minimum Gasteiger partial charge on any atom is -0.352 e. The number of hydrogen-bond donors (Lipinski definition) is 0. The van der Waals surface area contributed by atoms with Crippen LogP contribution in [0.4, 0.5) is 5.82 Å². The van der Waals surface area contributed by atoms with Gasteiger partial charge in [-0.2, -0.15) is 0 Å². The second-order valence-electron chi connectivity index (χ2n) is 6.64. The average molecular weight is 406 g/mol. The lowest BCUT2D eigenvalue weighted by atomic mass is 10.1. The number of fused-ring (bicyclic) bond motifs is 2. The van der Waals surface area contributed by atoms with E-state index < -0.39 is 6.23 Å². The summed E-state index contributed by atoms with van der Waals surface area (Å²) in [4.78, 5) is 27.6. The van der Waals surface area contributed by atoms with Crippen molar-refractivity contribution in [2.24, 2.45) is 0 Å². The third kappa shape index (κ3) is 3.24. The Kier molecular flexibility index (Phi) is 4.46. The largest absolute Gasteiger partial charge is 0.352 e. The summed E-state index contributed by atoms with van der Waals surface area (Å²) in [6.45, 7) is 1.04. The summed E-state index contributed by atoms with van der Waals surface area (Å²) in [5.74, 6) is 0.322. The molecule has 1 amide bonds. The molecule has 5 rings (SSSR count). The van der Waals surface area contributed by atoms with Gasteiger partial charge in [0.15, 0.2) is 11.9 Å². The zero-order valence-electron chi connectivity index (χ0n) is 15.3. The van der Waals surface area contributed by atoms with Crippen molar-refractivity contribution < 1.29 is 9.53 Å². The zero-order chi connectivity index (χ0) is 19.8. The van der Waals surface area contributed by atoms with E-state index in [0.717, 1.165) is 10.9 Å². The molecule has 0 saturated carbocycles. The molecular weight excluding hydrogens is 390 g/mol.